The van der Waals surface area contributed by atoms with Crippen LogP contribution in [-0.4, -0.2) is 34.1 Å². The number of anilines is 1. The Morgan fingerprint density at radius 2 is 2.18 bits per heavy atom. The van der Waals surface area contributed by atoms with Crippen molar-refractivity contribution in [3.8, 4) is 0 Å². The summed E-state index contributed by atoms with van der Waals surface area (Å²) in [7, 11) is 0. The third kappa shape index (κ3) is 2.72. The number of aryl methyl sites for hydroxylation is 1. The van der Waals surface area contributed by atoms with E-state index in [1.807, 2.05) is 6.92 Å². The highest BCUT2D eigenvalue weighted by atomic mass is 16.4. The smallest absolute Gasteiger partial charge is 0.307 e. The Balaban J connectivity index is 2.23. The molecule has 0 amide bonds. The number of carboxylic acids is 1. The van der Waals surface area contributed by atoms with Crippen molar-refractivity contribution < 1.29 is 9.90 Å². The molecule has 1 aliphatic rings. The Morgan fingerprint density at radius 3 is 2.76 bits per heavy atom. The molecule has 1 aromatic heterocycles. The lowest BCUT2D eigenvalue weighted by molar-refractivity contribution is -0.136. The molecule has 92 valence electrons. The maximum atomic E-state index is 10.7. The minimum Gasteiger partial charge on any atom is -0.481 e. The Morgan fingerprint density at radius 1 is 1.47 bits per heavy atom. The van der Waals surface area contributed by atoms with Crippen LogP contribution in [0.1, 0.15) is 31.0 Å². The molecule has 1 fully saturated rings. The van der Waals surface area contributed by atoms with Crippen molar-refractivity contribution >= 4 is 11.9 Å². The number of carbonyl (C=O) groups is 1. The largest absolute Gasteiger partial charge is 0.481 e. The number of hydrogen-bond acceptors (Lipinski definition) is 4. The minimum atomic E-state index is -0.836. The van der Waals surface area contributed by atoms with Gasteiger partial charge in [-0.2, -0.15) is 0 Å². The van der Waals surface area contributed by atoms with Gasteiger partial charge in [-0.3, -0.25) is 4.79 Å². The van der Waals surface area contributed by atoms with E-state index in [0.717, 1.165) is 36.7 Å². The molecule has 0 spiro atoms. The van der Waals surface area contributed by atoms with Crippen molar-refractivity contribution in [1.29, 1.82) is 0 Å². The summed E-state index contributed by atoms with van der Waals surface area (Å²) in [5.74, 6) is -0.0919. The summed E-state index contributed by atoms with van der Waals surface area (Å²) in [5, 5.41) is 8.80. The number of rotatable bonds is 4. The molecule has 0 saturated carbocycles. The average molecular weight is 235 g/mol. The van der Waals surface area contributed by atoms with Gasteiger partial charge >= 0.3 is 5.97 Å². The van der Waals surface area contributed by atoms with Gasteiger partial charge in [-0.25, -0.2) is 9.97 Å². The monoisotopic (exact) mass is 235 g/mol. The molecule has 1 aliphatic heterocycles. The fourth-order valence-electron chi connectivity index (χ4n) is 2.12. The molecule has 5 nitrogen and oxygen atoms in total. The molecule has 1 saturated heterocycles. The molecule has 0 radical (unpaired) electrons. The molecule has 2 heterocycles. The summed E-state index contributed by atoms with van der Waals surface area (Å²) in [5.41, 5.74) is 1.58. The summed E-state index contributed by atoms with van der Waals surface area (Å²) in [6.45, 7) is 3.99. The topological polar surface area (TPSA) is 66.3 Å². The van der Waals surface area contributed by atoms with Gasteiger partial charge in [0.05, 0.1) is 6.42 Å². The predicted octanol–water partition coefficient (Wildman–Crippen LogP) is 1.27. The second kappa shape index (κ2) is 5.12. The average Bonchev–Trinajstić information content (AvgIpc) is 2.82. The number of aliphatic carboxylic acids is 1. The summed E-state index contributed by atoms with van der Waals surface area (Å²) < 4.78 is 0. The zero-order valence-corrected chi connectivity index (χ0v) is 10.0. The third-order valence-electron chi connectivity index (χ3n) is 3.01. The van der Waals surface area contributed by atoms with Crippen LogP contribution in [0, 0.1) is 0 Å². The number of hydrogen-bond donors (Lipinski definition) is 1. The first-order valence-corrected chi connectivity index (χ1v) is 6.02. The molecule has 0 unspecified atom stereocenters. The Hall–Kier alpha value is -1.65. The van der Waals surface area contributed by atoms with Gasteiger partial charge in [-0.1, -0.05) is 6.92 Å². The molecular formula is C12H17N3O2. The zero-order chi connectivity index (χ0) is 12.3. The van der Waals surface area contributed by atoms with Gasteiger partial charge in [0.2, 0.25) is 5.95 Å². The molecule has 2 rings (SSSR count). The first-order valence-electron chi connectivity index (χ1n) is 6.02. The third-order valence-corrected chi connectivity index (χ3v) is 3.01. The van der Waals surface area contributed by atoms with E-state index in [-0.39, 0.29) is 6.42 Å². The second-order valence-electron chi connectivity index (χ2n) is 4.26. The maximum absolute atomic E-state index is 10.7. The van der Waals surface area contributed by atoms with E-state index in [2.05, 4.69) is 14.9 Å². The van der Waals surface area contributed by atoms with Crippen LogP contribution in [0.3, 0.4) is 0 Å². The van der Waals surface area contributed by atoms with E-state index >= 15 is 0 Å². The molecule has 0 bridgehead atoms. The summed E-state index contributed by atoms with van der Waals surface area (Å²) >= 11 is 0. The van der Waals surface area contributed by atoms with Crippen molar-refractivity contribution in [3.63, 3.8) is 0 Å². The van der Waals surface area contributed by atoms with Gasteiger partial charge in [0.25, 0.3) is 0 Å². The van der Waals surface area contributed by atoms with Gasteiger partial charge < -0.3 is 10.0 Å². The lowest BCUT2D eigenvalue weighted by Crippen LogP contribution is -2.21. The fourth-order valence-corrected chi connectivity index (χ4v) is 2.12. The standard InChI is InChI=1S/C12H17N3O2/c1-2-10-9(7-11(16)17)8-13-12(14-10)15-5-3-4-6-15/h8H,2-7H2,1H3,(H,16,17). The quantitative estimate of drug-likeness (QED) is 0.851. The molecule has 1 aromatic rings. The summed E-state index contributed by atoms with van der Waals surface area (Å²) in [6.07, 6.45) is 4.77. The Labute approximate surface area is 100 Å². The van der Waals surface area contributed by atoms with Gasteiger partial charge in [-0.05, 0) is 19.3 Å². The SMILES string of the molecule is CCc1nc(N2CCCC2)ncc1CC(=O)O. The van der Waals surface area contributed by atoms with Crippen LogP contribution in [-0.2, 0) is 17.6 Å². The van der Waals surface area contributed by atoms with Crippen molar-refractivity contribution in [2.45, 2.75) is 32.6 Å². The molecule has 1 N–H and O–H groups in total. The molecule has 5 heteroatoms. The van der Waals surface area contributed by atoms with Gasteiger partial charge in [0.15, 0.2) is 0 Å². The summed E-state index contributed by atoms with van der Waals surface area (Å²) in [6, 6.07) is 0. The number of nitrogens with zero attached hydrogens (tertiary/aromatic N) is 3. The lowest BCUT2D eigenvalue weighted by atomic mass is 10.1. The fraction of sp³-hybridized carbons (Fsp3) is 0.583. The van der Waals surface area contributed by atoms with Crippen molar-refractivity contribution in [2.24, 2.45) is 0 Å². The highest BCUT2D eigenvalue weighted by molar-refractivity contribution is 5.70. The molecular weight excluding hydrogens is 218 g/mol. The Kier molecular flexibility index (Phi) is 3.56. The van der Waals surface area contributed by atoms with Crippen LogP contribution >= 0.6 is 0 Å². The molecule has 0 aromatic carbocycles. The van der Waals surface area contributed by atoms with E-state index in [1.54, 1.807) is 6.20 Å². The summed E-state index contributed by atoms with van der Waals surface area (Å²) in [4.78, 5) is 21.6. The Bertz CT molecular complexity index is 414. The highest BCUT2D eigenvalue weighted by Gasteiger charge is 2.16. The van der Waals surface area contributed by atoms with Crippen LogP contribution in [0.25, 0.3) is 0 Å². The van der Waals surface area contributed by atoms with Crippen molar-refractivity contribution in [3.05, 3.63) is 17.5 Å². The van der Waals surface area contributed by atoms with E-state index in [0.29, 0.717) is 0 Å². The van der Waals surface area contributed by atoms with E-state index < -0.39 is 5.97 Å². The van der Waals surface area contributed by atoms with E-state index in [4.69, 9.17) is 5.11 Å². The molecule has 0 atom stereocenters. The van der Waals surface area contributed by atoms with E-state index in [1.165, 1.54) is 12.8 Å². The van der Waals surface area contributed by atoms with Crippen LogP contribution in [0.15, 0.2) is 6.20 Å². The second-order valence-corrected chi connectivity index (χ2v) is 4.26. The van der Waals surface area contributed by atoms with Crippen molar-refractivity contribution in [2.75, 3.05) is 18.0 Å². The minimum absolute atomic E-state index is 0.00343. The number of carboxylic acid groups (broad SMARTS) is 1. The van der Waals surface area contributed by atoms with Gasteiger partial charge in [0, 0.05) is 30.5 Å². The van der Waals surface area contributed by atoms with E-state index in [9.17, 15) is 4.79 Å². The molecule has 17 heavy (non-hydrogen) atoms. The highest BCUT2D eigenvalue weighted by Crippen LogP contribution is 2.17. The van der Waals surface area contributed by atoms with Crippen molar-refractivity contribution in [1.82, 2.24) is 9.97 Å². The molecule has 0 aliphatic carbocycles. The van der Waals surface area contributed by atoms with Crippen LogP contribution < -0.4 is 4.90 Å². The maximum Gasteiger partial charge on any atom is 0.307 e. The zero-order valence-electron chi connectivity index (χ0n) is 10.0. The normalized spacial score (nSPS) is 15.2. The van der Waals surface area contributed by atoms with Crippen LogP contribution in [0.2, 0.25) is 0 Å². The predicted molar refractivity (Wildman–Crippen MR) is 64.2 cm³/mol. The first kappa shape index (κ1) is 11.8. The lowest BCUT2D eigenvalue weighted by Gasteiger charge is -2.16. The van der Waals surface area contributed by atoms with Crippen LogP contribution in [0.4, 0.5) is 5.95 Å². The first-order chi connectivity index (χ1) is 8.20. The number of aromatic nitrogens is 2. The van der Waals surface area contributed by atoms with Gasteiger partial charge in [0.1, 0.15) is 0 Å². The van der Waals surface area contributed by atoms with Gasteiger partial charge in [-0.15, -0.1) is 0 Å². The van der Waals surface area contributed by atoms with Crippen LogP contribution in [0.5, 0.6) is 0 Å².